The summed E-state index contributed by atoms with van der Waals surface area (Å²) in [6.07, 6.45) is 11.0. The van der Waals surface area contributed by atoms with Gasteiger partial charge < -0.3 is 5.11 Å². The summed E-state index contributed by atoms with van der Waals surface area (Å²) in [7, 11) is 0. The maximum atomic E-state index is 8.64. The molecule has 1 nitrogen and oxygen atoms in total. The Morgan fingerprint density at radius 3 is 3.10 bits per heavy atom. The first-order chi connectivity index (χ1) is 4.93. The lowest BCUT2D eigenvalue weighted by atomic mass is 10.1. The van der Waals surface area contributed by atoms with Gasteiger partial charge in [-0.15, -0.1) is 0 Å². The van der Waals surface area contributed by atoms with E-state index in [-0.39, 0.29) is 6.61 Å². The summed E-state index contributed by atoms with van der Waals surface area (Å²) in [4.78, 5) is 0. The average molecular weight is 138 g/mol. The van der Waals surface area contributed by atoms with Gasteiger partial charge >= 0.3 is 0 Å². The molecule has 0 amide bonds. The summed E-state index contributed by atoms with van der Waals surface area (Å²) in [5.74, 6) is 0. The fraction of sp³-hybridized carbons (Fsp3) is 0.556. The van der Waals surface area contributed by atoms with E-state index in [9.17, 15) is 0 Å². The van der Waals surface area contributed by atoms with Gasteiger partial charge in [0.1, 0.15) is 0 Å². The van der Waals surface area contributed by atoms with Crippen molar-refractivity contribution >= 4 is 0 Å². The molecule has 56 valence electrons. The lowest BCUT2D eigenvalue weighted by molar-refractivity contribution is 0.300. The lowest BCUT2D eigenvalue weighted by Crippen LogP contribution is -1.84. The Balaban J connectivity index is 2.44. The minimum Gasteiger partial charge on any atom is -0.396 e. The first-order valence-electron chi connectivity index (χ1n) is 3.90. The molecule has 0 spiro atoms. The number of aliphatic hydroxyl groups excluding tert-OH is 1. The van der Waals surface area contributed by atoms with Crippen LogP contribution in [0.1, 0.15) is 25.7 Å². The minimum atomic E-state index is 0.274. The molecule has 0 saturated heterocycles. The van der Waals surface area contributed by atoms with E-state index in [0.29, 0.717) is 0 Å². The fourth-order valence-electron chi connectivity index (χ4n) is 1.14. The number of aliphatic hydroxyl groups is 1. The van der Waals surface area contributed by atoms with Gasteiger partial charge in [-0.25, -0.2) is 0 Å². The highest BCUT2D eigenvalue weighted by Crippen LogP contribution is 2.12. The van der Waals surface area contributed by atoms with Crippen molar-refractivity contribution in [2.75, 3.05) is 6.61 Å². The minimum absolute atomic E-state index is 0.274. The summed E-state index contributed by atoms with van der Waals surface area (Å²) < 4.78 is 0. The highest BCUT2D eigenvalue weighted by molar-refractivity contribution is 5.19. The van der Waals surface area contributed by atoms with Crippen molar-refractivity contribution in [1.82, 2.24) is 0 Å². The Hall–Kier alpha value is -0.560. The van der Waals surface area contributed by atoms with Crippen LogP contribution in [0, 0.1) is 0 Å². The number of hydrogen-bond donors (Lipinski definition) is 1. The first kappa shape index (κ1) is 7.55. The van der Waals surface area contributed by atoms with Crippen LogP contribution in [0.25, 0.3) is 0 Å². The molecule has 10 heavy (non-hydrogen) atoms. The highest BCUT2D eigenvalue weighted by atomic mass is 16.2. The maximum absolute atomic E-state index is 8.64. The zero-order chi connectivity index (χ0) is 7.23. The second-order valence-electron chi connectivity index (χ2n) is 2.59. The Kier molecular flexibility index (Phi) is 3.23. The fourth-order valence-corrected chi connectivity index (χ4v) is 1.14. The van der Waals surface area contributed by atoms with Gasteiger partial charge in [0.05, 0.1) is 0 Å². The van der Waals surface area contributed by atoms with Crippen LogP contribution >= 0.6 is 0 Å². The summed E-state index contributed by atoms with van der Waals surface area (Å²) in [5.41, 5.74) is 1.29. The molecule has 0 aromatic rings. The molecule has 0 saturated carbocycles. The molecule has 0 radical (unpaired) electrons. The predicted octanol–water partition coefficient (Wildman–Crippen LogP) is 2.04. The van der Waals surface area contributed by atoms with Gasteiger partial charge in [-0.1, -0.05) is 23.8 Å². The topological polar surface area (TPSA) is 20.2 Å². The van der Waals surface area contributed by atoms with Crippen molar-refractivity contribution < 1.29 is 5.11 Å². The first-order valence-corrected chi connectivity index (χ1v) is 3.90. The molecule has 0 aromatic heterocycles. The molecule has 1 aliphatic rings. The van der Waals surface area contributed by atoms with Crippen molar-refractivity contribution in [1.29, 1.82) is 0 Å². The second kappa shape index (κ2) is 4.29. The smallest absolute Gasteiger partial charge is 0.0471 e. The van der Waals surface area contributed by atoms with E-state index >= 15 is 0 Å². The van der Waals surface area contributed by atoms with Crippen molar-refractivity contribution in [3.63, 3.8) is 0 Å². The summed E-state index contributed by atoms with van der Waals surface area (Å²) in [6.45, 7) is 0.274. The standard InChI is InChI=1S/C9H14O/c10-8-7-9-5-3-1-2-4-6-9/h3,5-6,10H,1-2,4,7-8H2. The zero-order valence-electron chi connectivity index (χ0n) is 6.21. The van der Waals surface area contributed by atoms with Crippen LogP contribution in [0.4, 0.5) is 0 Å². The van der Waals surface area contributed by atoms with Gasteiger partial charge in [0.15, 0.2) is 0 Å². The normalized spacial score (nSPS) is 18.3. The Labute approximate surface area is 62.1 Å². The van der Waals surface area contributed by atoms with Gasteiger partial charge in [0.2, 0.25) is 0 Å². The molecule has 0 heterocycles. The predicted molar refractivity (Wildman–Crippen MR) is 42.8 cm³/mol. The Bertz CT molecular complexity index is 145. The summed E-state index contributed by atoms with van der Waals surface area (Å²) >= 11 is 0. The maximum Gasteiger partial charge on any atom is 0.0471 e. The summed E-state index contributed by atoms with van der Waals surface area (Å²) in [6, 6.07) is 0. The van der Waals surface area contributed by atoms with E-state index in [1.54, 1.807) is 0 Å². The monoisotopic (exact) mass is 138 g/mol. The third-order valence-corrected chi connectivity index (χ3v) is 1.71. The van der Waals surface area contributed by atoms with Gasteiger partial charge in [0, 0.05) is 6.61 Å². The van der Waals surface area contributed by atoms with Crippen LogP contribution in [0.2, 0.25) is 0 Å². The molecular weight excluding hydrogens is 124 g/mol. The number of rotatable bonds is 2. The van der Waals surface area contributed by atoms with E-state index in [1.807, 2.05) is 0 Å². The van der Waals surface area contributed by atoms with Crippen molar-refractivity contribution in [2.45, 2.75) is 25.7 Å². The van der Waals surface area contributed by atoms with E-state index in [2.05, 4.69) is 18.2 Å². The number of allylic oxidation sites excluding steroid dienone is 3. The van der Waals surface area contributed by atoms with Crippen LogP contribution in [0.15, 0.2) is 23.8 Å². The molecule has 1 N–H and O–H groups in total. The van der Waals surface area contributed by atoms with Gasteiger partial charge in [0.25, 0.3) is 0 Å². The molecule has 1 rings (SSSR count). The highest BCUT2D eigenvalue weighted by Gasteiger charge is 1.94. The molecule has 0 fully saturated rings. The largest absolute Gasteiger partial charge is 0.396 e. The third kappa shape index (κ3) is 2.36. The van der Waals surface area contributed by atoms with E-state index in [1.165, 1.54) is 24.8 Å². The van der Waals surface area contributed by atoms with Gasteiger partial charge in [-0.2, -0.15) is 0 Å². The zero-order valence-corrected chi connectivity index (χ0v) is 6.21. The van der Waals surface area contributed by atoms with Gasteiger partial charge in [-0.3, -0.25) is 0 Å². The average Bonchev–Trinajstić information content (AvgIpc) is 2.17. The van der Waals surface area contributed by atoms with Crippen molar-refractivity contribution in [3.05, 3.63) is 23.8 Å². The lowest BCUT2D eigenvalue weighted by Gasteiger charge is -1.94. The van der Waals surface area contributed by atoms with Crippen LogP contribution in [0.5, 0.6) is 0 Å². The second-order valence-corrected chi connectivity index (χ2v) is 2.59. The van der Waals surface area contributed by atoms with Crippen molar-refractivity contribution in [3.8, 4) is 0 Å². The van der Waals surface area contributed by atoms with Gasteiger partial charge in [-0.05, 0) is 25.7 Å². The van der Waals surface area contributed by atoms with E-state index in [0.717, 1.165) is 6.42 Å². The van der Waals surface area contributed by atoms with Crippen LogP contribution in [0.3, 0.4) is 0 Å². The quantitative estimate of drug-likeness (QED) is 0.619. The number of hydrogen-bond acceptors (Lipinski definition) is 1. The molecule has 0 unspecified atom stereocenters. The third-order valence-electron chi connectivity index (χ3n) is 1.71. The Morgan fingerprint density at radius 1 is 1.40 bits per heavy atom. The molecule has 0 atom stereocenters. The molecule has 1 heteroatoms. The van der Waals surface area contributed by atoms with Crippen LogP contribution in [-0.2, 0) is 0 Å². The van der Waals surface area contributed by atoms with Crippen LogP contribution in [-0.4, -0.2) is 11.7 Å². The van der Waals surface area contributed by atoms with Crippen LogP contribution < -0.4 is 0 Å². The Morgan fingerprint density at radius 2 is 2.30 bits per heavy atom. The molecule has 0 aromatic carbocycles. The summed E-state index contributed by atoms with van der Waals surface area (Å²) in [5, 5.41) is 8.64. The molecule has 1 aliphatic carbocycles. The molecule has 0 bridgehead atoms. The molecule has 0 aliphatic heterocycles. The SMILES string of the molecule is OCCC1=CCCCC=C1. The van der Waals surface area contributed by atoms with E-state index in [4.69, 9.17) is 5.11 Å². The molecular formula is C9H14O. The van der Waals surface area contributed by atoms with Crippen molar-refractivity contribution in [2.24, 2.45) is 0 Å². The van der Waals surface area contributed by atoms with E-state index < -0.39 is 0 Å².